The number of hydrogen-bond donors (Lipinski definition) is 3. The molecule has 6 heteroatoms. The average Bonchev–Trinajstić information content (AvgIpc) is 3.43. The topological polar surface area (TPSA) is 88.0 Å². The van der Waals surface area contributed by atoms with Gasteiger partial charge in [-0.25, -0.2) is 0 Å². The van der Waals surface area contributed by atoms with E-state index in [1.165, 1.54) is 16.3 Å². The predicted octanol–water partition coefficient (Wildman–Crippen LogP) is 4.76. The van der Waals surface area contributed by atoms with Gasteiger partial charge in [0.25, 0.3) is 0 Å². The molecule has 0 spiro atoms. The van der Waals surface area contributed by atoms with Crippen LogP contribution in [0.4, 0.5) is 0 Å². The molecule has 1 saturated carbocycles. The Labute approximate surface area is 212 Å². The number of nitrogens with one attached hydrogen (secondary N) is 1. The highest BCUT2D eigenvalue weighted by Crippen LogP contribution is 2.61. The molecule has 5 rings (SSSR count). The number of carbonyl (C=O) groups is 1. The largest absolute Gasteiger partial charge is 0.488 e. The molecule has 0 amide bonds. The van der Waals surface area contributed by atoms with Crippen molar-refractivity contribution in [3.63, 3.8) is 0 Å². The summed E-state index contributed by atoms with van der Waals surface area (Å²) in [5.74, 6) is -0.608. The molecule has 1 aliphatic carbocycles. The minimum absolute atomic E-state index is 0.110. The van der Waals surface area contributed by atoms with Gasteiger partial charge in [-0.1, -0.05) is 54.6 Å². The normalized spacial score (nSPS) is 22.0. The number of carboxylic acids is 1. The highest BCUT2D eigenvalue weighted by molar-refractivity contribution is 5.83. The molecule has 0 aromatic heterocycles. The van der Waals surface area contributed by atoms with E-state index in [9.17, 15) is 15.0 Å². The molecule has 1 heterocycles. The Hall–Kier alpha value is -2.93. The minimum atomic E-state index is -0.815. The number of aliphatic hydroxyl groups excluding tert-OH is 1. The maximum Gasteiger partial charge on any atom is 0.311 e. The maximum absolute atomic E-state index is 11.5. The van der Waals surface area contributed by atoms with Crippen LogP contribution in [0.2, 0.25) is 0 Å². The first-order valence-corrected chi connectivity index (χ1v) is 12.7. The van der Waals surface area contributed by atoms with Crippen molar-refractivity contribution in [1.82, 2.24) is 5.32 Å². The van der Waals surface area contributed by atoms with E-state index in [0.717, 1.165) is 28.9 Å². The molecule has 36 heavy (non-hydrogen) atoms. The smallest absolute Gasteiger partial charge is 0.311 e. The van der Waals surface area contributed by atoms with Crippen LogP contribution in [0.1, 0.15) is 55.0 Å². The van der Waals surface area contributed by atoms with Gasteiger partial charge in [0.15, 0.2) is 0 Å². The highest BCUT2D eigenvalue weighted by atomic mass is 16.5. The molecule has 0 radical (unpaired) electrons. The van der Waals surface area contributed by atoms with Gasteiger partial charge in [-0.05, 0) is 61.6 Å². The summed E-state index contributed by atoms with van der Waals surface area (Å²) in [5, 5.41) is 26.1. The standard InChI is InChI=1S/C30H35NO5/c1-17-9-12-23(24-25-26(29(33)34)28(25)36-27(17)24)18(2)35-16-22(32)15-31-30(3,4)14-19-10-11-20-7-5-6-8-21(20)13-19/h5-13,18,22,25-26,28,31-32H,14-16H2,1-4H3,(H,33,34)/t18-,22+,25?,26?,28?/m1/s1. The van der Waals surface area contributed by atoms with E-state index < -0.39 is 18.0 Å². The second-order valence-corrected chi connectivity index (χ2v) is 10.9. The van der Waals surface area contributed by atoms with Gasteiger partial charge in [0, 0.05) is 23.6 Å². The lowest BCUT2D eigenvalue weighted by atomic mass is 9.93. The van der Waals surface area contributed by atoms with E-state index in [2.05, 4.69) is 55.6 Å². The first kappa shape index (κ1) is 24.8. The van der Waals surface area contributed by atoms with E-state index in [0.29, 0.717) is 6.54 Å². The lowest BCUT2D eigenvalue weighted by molar-refractivity contribution is -0.139. The van der Waals surface area contributed by atoms with Gasteiger partial charge in [-0.15, -0.1) is 0 Å². The number of aliphatic carboxylic acids is 1. The van der Waals surface area contributed by atoms with Crippen LogP contribution >= 0.6 is 0 Å². The Bertz CT molecular complexity index is 1290. The van der Waals surface area contributed by atoms with Gasteiger partial charge < -0.3 is 25.0 Å². The molecule has 0 bridgehead atoms. The number of hydrogen-bond acceptors (Lipinski definition) is 5. The Balaban J connectivity index is 1.16. The van der Waals surface area contributed by atoms with Crippen molar-refractivity contribution < 1.29 is 24.5 Å². The van der Waals surface area contributed by atoms with Crippen LogP contribution < -0.4 is 10.1 Å². The van der Waals surface area contributed by atoms with Crippen molar-refractivity contribution >= 4 is 16.7 Å². The first-order valence-electron chi connectivity index (χ1n) is 12.7. The zero-order chi connectivity index (χ0) is 25.6. The Kier molecular flexibility index (Phi) is 6.54. The number of ether oxygens (including phenoxy) is 2. The molecule has 2 aliphatic rings. The van der Waals surface area contributed by atoms with Crippen molar-refractivity contribution in [3.8, 4) is 5.75 Å². The monoisotopic (exact) mass is 489 g/mol. The molecule has 1 aliphatic heterocycles. The lowest BCUT2D eigenvalue weighted by Gasteiger charge is -2.28. The third-order valence-electron chi connectivity index (χ3n) is 7.51. The second kappa shape index (κ2) is 9.51. The fourth-order valence-electron chi connectivity index (χ4n) is 5.50. The first-order chi connectivity index (χ1) is 17.1. The molecule has 3 aromatic carbocycles. The highest BCUT2D eigenvalue weighted by Gasteiger charge is 2.64. The van der Waals surface area contributed by atoms with E-state index in [4.69, 9.17) is 9.47 Å². The lowest BCUT2D eigenvalue weighted by Crippen LogP contribution is -2.46. The molecule has 190 valence electrons. The van der Waals surface area contributed by atoms with Crippen LogP contribution in [0.5, 0.6) is 5.75 Å². The average molecular weight is 490 g/mol. The number of benzene rings is 3. The molecule has 5 atom stereocenters. The molecule has 0 saturated heterocycles. The molecular weight excluding hydrogens is 454 g/mol. The minimum Gasteiger partial charge on any atom is -0.488 e. The van der Waals surface area contributed by atoms with E-state index in [1.54, 1.807) is 0 Å². The van der Waals surface area contributed by atoms with Crippen LogP contribution in [0.3, 0.4) is 0 Å². The number of carboxylic acid groups (broad SMARTS) is 1. The Morgan fingerprint density at radius 2 is 1.89 bits per heavy atom. The van der Waals surface area contributed by atoms with Crippen molar-refractivity contribution in [2.75, 3.05) is 13.2 Å². The zero-order valence-corrected chi connectivity index (χ0v) is 21.3. The zero-order valence-electron chi connectivity index (χ0n) is 21.3. The van der Waals surface area contributed by atoms with Gasteiger partial charge in [0.1, 0.15) is 17.8 Å². The van der Waals surface area contributed by atoms with Gasteiger partial charge in [0.05, 0.1) is 18.8 Å². The van der Waals surface area contributed by atoms with Crippen molar-refractivity contribution in [3.05, 3.63) is 76.9 Å². The summed E-state index contributed by atoms with van der Waals surface area (Å²) >= 11 is 0. The van der Waals surface area contributed by atoms with E-state index >= 15 is 0 Å². The van der Waals surface area contributed by atoms with Gasteiger partial charge in [0.2, 0.25) is 0 Å². The van der Waals surface area contributed by atoms with Gasteiger partial charge >= 0.3 is 5.97 Å². The maximum atomic E-state index is 11.5. The fourth-order valence-corrected chi connectivity index (χ4v) is 5.50. The number of β-amino-alcohol motifs (C(OH)–C–C–N with tert-alkyl or cyclic N) is 1. The third kappa shape index (κ3) is 4.85. The van der Waals surface area contributed by atoms with Crippen LogP contribution in [-0.2, 0) is 16.0 Å². The van der Waals surface area contributed by atoms with Gasteiger partial charge in [-0.3, -0.25) is 4.79 Å². The molecular formula is C30H35NO5. The summed E-state index contributed by atoms with van der Waals surface area (Å²) in [6.07, 6.45) is -0.385. The van der Waals surface area contributed by atoms with Gasteiger partial charge in [-0.2, -0.15) is 0 Å². The van der Waals surface area contributed by atoms with Crippen LogP contribution in [0, 0.1) is 12.8 Å². The number of rotatable bonds is 10. The van der Waals surface area contributed by atoms with Crippen LogP contribution in [0.25, 0.3) is 10.8 Å². The number of aryl methyl sites for hydroxylation is 1. The fraction of sp³-hybridized carbons (Fsp3) is 0.433. The predicted molar refractivity (Wildman–Crippen MR) is 140 cm³/mol. The summed E-state index contributed by atoms with van der Waals surface area (Å²) in [6.45, 7) is 8.79. The Morgan fingerprint density at radius 3 is 2.64 bits per heavy atom. The molecule has 3 N–H and O–H groups in total. The van der Waals surface area contributed by atoms with E-state index in [1.807, 2.05) is 32.0 Å². The second-order valence-electron chi connectivity index (χ2n) is 10.9. The summed E-state index contributed by atoms with van der Waals surface area (Å²) in [4.78, 5) is 11.5. The van der Waals surface area contributed by atoms with E-state index in [-0.39, 0.29) is 30.3 Å². The van der Waals surface area contributed by atoms with Crippen LogP contribution in [0.15, 0.2) is 54.6 Å². The van der Waals surface area contributed by atoms with Crippen molar-refractivity contribution in [2.24, 2.45) is 5.92 Å². The number of aliphatic hydroxyl groups is 1. The van der Waals surface area contributed by atoms with Crippen molar-refractivity contribution in [2.45, 2.75) is 63.9 Å². The molecule has 3 unspecified atom stereocenters. The summed E-state index contributed by atoms with van der Waals surface area (Å²) in [5.41, 5.74) is 3.97. The summed E-state index contributed by atoms with van der Waals surface area (Å²) in [6, 6.07) is 18.9. The molecule has 6 nitrogen and oxygen atoms in total. The quantitative estimate of drug-likeness (QED) is 0.381. The van der Waals surface area contributed by atoms with Crippen molar-refractivity contribution in [1.29, 1.82) is 0 Å². The summed E-state index contributed by atoms with van der Waals surface area (Å²) in [7, 11) is 0. The SMILES string of the molecule is Cc1ccc([C@@H](C)OC[C@@H](O)CNC(C)(C)Cc2ccc3ccccc3c2)c2c1OC1C(C(=O)O)C21. The van der Waals surface area contributed by atoms with Crippen LogP contribution in [-0.4, -0.2) is 47.1 Å². The molecule has 3 aromatic rings. The molecule has 1 fully saturated rings. The number of fused-ring (bicyclic) bond motifs is 4. The summed E-state index contributed by atoms with van der Waals surface area (Å²) < 4.78 is 12.0. The third-order valence-corrected chi connectivity index (χ3v) is 7.51. The Morgan fingerprint density at radius 1 is 1.14 bits per heavy atom.